The van der Waals surface area contributed by atoms with Crippen LogP contribution in [0.4, 0.5) is 4.79 Å². The number of nitrogens with one attached hydrogen (secondary N) is 1. The molecule has 34 heavy (non-hydrogen) atoms. The van der Waals surface area contributed by atoms with Crippen molar-refractivity contribution in [2.75, 3.05) is 32.8 Å². The fraction of sp³-hybridized carbons (Fsp3) is 0.692. The van der Waals surface area contributed by atoms with Gasteiger partial charge in [-0.2, -0.15) is 0 Å². The topological polar surface area (TPSA) is 91.4 Å². The van der Waals surface area contributed by atoms with Gasteiger partial charge in [0.15, 0.2) is 0 Å². The number of nitrogens with zero attached hydrogens (tertiary/aromatic N) is 4. The summed E-state index contributed by atoms with van der Waals surface area (Å²) in [6, 6.07) is 5.47. The molecule has 0 radical (unpaired) electrons. The fourth-order valence-corrected chi connectivity index (χ4v) is 9.48. The molecule has 2 saturated heterocycles. The van der Waals surface area contributed by atoms with Crippen molar-refractivity contribution in [2.45, 2.75) is 32.1 Å². The summed E-state index contributed by atoms with van der Waals surface area (Å²) in [6.07, 6.45) is 6.75. The van der Waals surface area contributed by atoms with Gasteiger partial charge in [0.25, 0.3) is 5.91 Å². The summed E-state index contributed by atoms with van der Waals surface area (Å²) in [6.45, 7) is 3.36. The highest BCUT2D eigenvalue weighted by Gasteiger charge is 2.77. The number of hydrogen-bond donors (Lipinski definition) is 1. The number of ether oxygens (including phenoxy) is 1. The Labute approximate surface area is 198 Å². The summed E-state index contributed by atoms with van der Waals surface area (Å²) < 4.78 is 5.83. The average Bonchev–Trinajstić information content (AvgIpc) is 3.28. The van der Waals surface area contributed by atoms with Crippen molar-refractivity contribution in [1.29, 1.82) is 0 Å². The van der Waals surface area contributed by atoms with Gasteiger partial charge in [-0.25, -0.2) is 4.79 Å². The van der Waals surface area contributed by atoms with Crippen LogP contribution in [0.25, 0.3) is 11.0 Å². The molecule has 1 N–H and O–H groups in total. The van der Waals surface area contributed by atoms with Gasteiger partial charge in [0.1, 0.15) is 5.52 Å². The SMILES string of the molecule is O=C(OCCC12C3CC4CC(C3)C1C2C4)N1C[C@@H]2CN(C(=O)c3ccc4[nH]nnc4c3)C[C@@H]2C1. The van der Waals surface area contributed by atoms with Gasteiger partial charge in [0.05, 0.1) is 12.1 Å². The maximum absolute atomic E-state index is 13.0. The highest BCUT2D eigenvalue weighted by atomic mass is 16.6. The number of hydrogen-bond acceptors (Lipinski definition) is 5. The van der Waals surface area contributed by atoms with Crippen molar-refractivity contribution in [3.8, 4) is 0 Å². The van der Waals surface area contributed by atoms with E-state index in [1.807, 2.05) is 21.9 Å². The molecule has 7 aliphatic rings. The van der Waals surface area contributed by atoms with Crippen LogP contribution in [0.15, 0.2) is 18.2 Å². The summed E-state index contributed by atoms with van der Waals surface area (Å²) in [5, 5.41) is 10.6. The number of fused-ring (bicyclic) bond motifs is 2. The number of likely N-dealkylation sites (tertiary alicyclic amines) is 2. The van der Waals surface area contributed by atoms with E-state index in [0.717, 1.165) is 41.5 Å². The Morgan fingerprint density at radius 3 is 2.68 bits per heavy atom. The number of carbonyl (C=O) groups is 2. The van der Waals surface area contributed by atoms with Crippen molar-refractivity contribution in [3.63, 3.8) is 0 Å². The molecule has 2 aliphatic heterocycles. The Morgan fingerprint density at radius 2 is 1.85 bits per heavy atom. The average molecular weight is 462 g/mol. The van der Waals surface area contributed by atoms with Gasteiger partial charge in [-0.1, -0.05) is 5.21 Å². The number of carbonyl (C=O) groups excluding carboxylic acids is 2. The van der Waals surface area contributed by atoms with Crippen LogP contribution in [0, 0.1) is 46.8 Å². The smallest absolute Gasteiger partial charge is 0.409 e. The number of benzene rings is 1. The number of rotatable bonds is 4. The van der Waals surface area contributed by atoms with E-state index < -0.39 is 0 Å². The van der Waals surface area contributed by atoms with E-state index in [9.17, 15) is 9.59 Å². The van der Waals surface area contributed by atoms with E-state index in [4.69, 9.17) is 4.74 Å². The van der Waals surface area contributed by atoms with E-state index in [2.05, 4.69) is 15.4 Å². The number of aromatic nitrogens is 3. The van der Waals surface area contributed by atoms with Crippen LogP contribution < -0.4 is 0 Å². The number of amides is 2. The Hall–Kier alpha value is -2.64. The Bertz CT molecular complexity index is 1180. The van der Waals surface area contributed by atoms with E-state index in [1.165, 1.54) is 25.7 Å². The quantitative estimate of drug-likeness (QED) is 0.755. The van der Waals surface area contributed by atoms with Crippen molar-refractivity contribution < 1.29 is 14.3 Å². The molecule has 178 valence electrons. The predicted octanol–water partition coefficient (Wildman–Crippen LogP) is 3.17. The van der Waals surface area contributed by atoms with Crippen LogP contribution in [-0.2, 0) is 4.74 Å². The normalized spacial score (nSPS) is 40.8. The molecular formula is C26H31N5O3. The minimum atomic E-state index is -0.148. The lowest BCUT2D eigenvalue weighted by molar-refractivity contribution is 0.0656. The maximum atomic E-state index is 13.0. The number of aromatic amines is 1. The highest BCUT2D eigenvalue weighted by molar-refractivity contribution is 5.97. The Kier molecular flexibility index (Phi) is 3.89. The van der Waals surface area contributed by atoms with E-state index >= 15 is 0 Å². The fourth-order valence-electron chi connectivity index (χ4n) is 9.48. The molecule has 8 heteroatoms. The van der Waals surface area contributed by atoms with Gasteiger partial charge < -0.3 is 14.5 Å². The molecule has 3 heterocycles. The largest absolute Gasteiger partial charge is 0.449 e. The second kappa shape index (κ2) is 6.73. The minimum Gasteiger partial charge on any atom is -0.449 e. The summed E-state index contributed by atoms with van der Waals surface area (Å²) in [5.41, 5.74) is 2.71. The molecule has 8 nitrogen and oxygen atoms in total. The lowest BCUT2D eigenvalue weighted by Crippen LogP contribution is -2.36. The van der Waals surface area contributed by atoms with Gasteiger partial charge in [-0.3, -0.25) is 9.89 Å². The molecule has 1 aromatic heterocycles. The van der Waals surface area contributed by atoms with Crippen LogP contribution >= 0.6 is 0 Å². The monoisotopic (exact) mass is 461 g/mol. The molecule has 9 rings (SSSR count). The van der Waals surface area contributed by atoms with Gasteiger partial charge in [-0.05, 0) is 85.3 Å². The highest BCUT2D eigenvalue weighted by Crippen LogP contribution is 2.83. The lowest BCUT2D eigenvalue weighted by Gasteiger charge is -2.41. The molecule has 5 saturated carbocycles. The van der Waals surface area contributed by atoms with E-state index in [1.54, 1.807) is 6.07 Å². The molecule has 0 spiro atoms. The zero-order chi connectivity index (χ0) is 22.6. The van der Waals surface area contributed by atoms with Gasteiger partial charge in [0, 0.05) is 43.6 Å². The van der Waals surface area contributed by atoms with E-state index in [0.29, 0.717) is 61.1 Å². The zero-order valence-electron chi connectivity index (χ0n) is 19.4. The summed E-state index contributed by atoms with van der Waals surface area (Å²) in [5.74, 6) is 5.50. The molecule has 2 aromatic rings. The zero-order valence-corrected chi connectivity index (χ0v) is 19.4. The second-order valence-corrected chi connectivity index (χ2v) is 12.1. The second-order valence-electron chi connectivity index (χ2n) is 12.1. The third kappa shape index (κ3) is 2.60. The summed E-state index contributed by atoms with van der Waals surface area (Å²) >= 11 is 0. The molecule has 4 bridgehead atoms. The van der Waals surface area contributed by atoms with Gasteiger partial charge in [-0.15, -0.1) is 5.10 Å². The van der Waals surface area contributed by atoms with Gasteiger partial charge in [0.2, 0.25) is 0 Å². The van der Waals surface area contributed by atoms with E-state index in [-0.39, 0.29) is 12.0 Å². The van der Waals surface area contributed by atoms with Crippen LogP contribution in [0.3, 0.4) is 0 Å². The third-order valence-corrected chi connectivity index (χ3v) is 10.7. The standard InChI is InChI=1S/C26H31N5O3/c32-24(15-1-2-21-22(9-15)28-29-27-21)30-10-17-12-31(13-18(17)11-30)25(33)34-4-3-26-19-6-14-5-16(8-19)23(26)20(26)7-14/h1-2,9,14,16-20,23H,3-8,10-13H2,(H,27,28,29)/t14?,16?,17-,18+,19?,20?,23?,26?. The molecular weight excluding hydrogens is 430 g/mol. The molecule has 7 fully saturated rings. The van der Waals surface area contributed by atoms with Crippen LogP contribution in [-0.4, -0.2) is 70.0 Å². The molecule has 8 atom stereocenters. The number of H-pyrrole nitrogens is 1. The van der Waals surface area contributed by atoms with Crippen molar-refractivity contribution in [3.05, 3.63) is 23.8 Å². The van der Waals surface area contributed by atoms with Gasteiger partial charge >= 0.3 is 6.09 Å². The van der Waals surface area contributed by atoms with Crippen LogP contribution in [0.2, 0.25) is 0 Å². The van der Waals surface area contributed by atoms with Crippen molar-refractivity contribution in [1.82, 2.24) is 25.2 Å². The summed E-state index contributed by atoms with van der Waals surface area (Å²) in [4.78, 5) is 29.7. The molecule has 6 unspecified atom stereocenters. The first-order valence-electron chi connectivity index (χ1n) is 13.1. The Balaban J connectivity index is 0.854. The van der Waals surface area contributed by atoms with Crippen molar-refractivity contribution in [2.24, 2.45) is 46.8 Å². The minimum absolute atomic E-state index is 0.0340. The lowest BCUT2D eigenvalue weighted by atomic mass is 9.64. The first-order valence-corrected chi connectivity index (χ1v) is 13.1. The molecule has 1 aromatic carbocycles. The maximum Gasteiger partial charge on any atom is 0.409 e. The molecule has 2 amide bonds. The van der Waals surface area contributed by atoms with Crippen molar-refractivity contribution >= 4 is 23.0 Å². The summed E-state index contributed by atoms with van der Waals surface area (Å²) in [7, 11) is 0. The Morgan fingerprint density at radius 1 is 1.03 bits per heavy atom. The van der Waals surface area contributed by atoms with Crippen LogP contribution in [0.5, 0.6) is 0 Å². The van der Waals surface area contributed by atoms with Crippen LogP contribution in [0.1, 0.15) is 42.5 Å². The third-order valence-electron chi connectivity index (χ3n) is 10.7. The predicted molar refractivity (Wildman–Crippen MR) is 123 cm³/mol. The first-order chi connectivity index (χ1) is 16.6. The first kappa shape index (κ1) is 19.6. The molecule has 5 aliphatic carbocycles.